The zero-order valence-electron chi connectivity index (χ0n) is 11.3. The van der Waals surface area contributed by atoms with Crippen LogP contribution in [0, 0.1) is 0 Å². The number of imidazole rings is 1. The molecule has 6 heteroatoms. The number of nitrogen functional groups attached to an aromatic ring is 1. The van der Waals surface area contributed by atoms with Crippen LogP contribution in [-0.4, -0.2) is 28.5 Å². The molecule has 1 saturated carbocycles. The summed E-state index contributed by atoms with van der Waals surface area (Å²) in [7, 11) is 0. The van der Waals surface area contributed by atoms with Crippen LogP contribution in [0.5, 0.6) is 0 Å². The predicted octanol–water partition coefficient (Wildman–Crippen LogP) is 1.38. The van der Waals surface area contributed by atoms with Crippen molar-refractivity contribution in [1.29, 1.82) is 0 Å². The van der Waals surface area contributed by atoms with E-state index in [1.165, 1.54) is 12.8 Å². The Kier molecular flexibility index (Phi) is 3.22. The van der Waals surface area contributed by atoms with E-state index >= 15 is 0 Å². The summed E-state index contributed by atoms with van der Waals surface area (Å²) < 4.78 is 0. The van der Waals surface area contributed by atoms with Gasteiger partial charge in [-0.15, -0.1) is 0 Å². The van der Waals surface area contributed by atoms with Gasteiger partial charge in [-0.05, 0) is 31.0 Å². The molecule has 1 aliphatic carbocycles. The van der Waals surface area contributed by atoms with Crippen molar-refractivity contribution >= 4 is 28.6 Å². The van der Waals surface area contributed by atoms with Gasteiger partial charge in [-0.1, -0.05) is 12.8 Å². The highest BCUT2D eigenvalue weighted by Gasteiger charge is 2.26. The molecule has 0 atom stereocenters. The van der Waals surface area contributed by atoms with Gasteiger partial charge in [-0.25, -0.2) is 4.98 Å². The fourth-order valence-electron chi connectivity index (χ4n) is 2.91. The first-order valence-corrected chi connectivity index (χ1v) is 6.93. The van der Waals surface area contributed by atoms with Crippen LogP contribution in [0.2, 0.25) is 0 Å². The number of aromatic amines is 1. The Balaban J connectivity index is 1.96. The smallest absolute Gasteiger partial charge is 0.237 e. The van der Waals surface area contributed by atoms with Crippen LogP contribution in [0.15, 0.2) is 18.2 Å². The Bertz CT molecular complexity index is 630. The first-order chi connectivity index (χ1) is 9.63. The zero-order valence-corrected chi connectivity index (χ0v) is 11.3. The highest BCUT2D eigenvalue weighted by atomic mass is 16.1. The number of fused-ring (bicyclic) bond motifs is 1. The average Bonchev–Trinajstić information content (AvgIpc) is 3.04. The molecule has 6 nitrogen and oxygen atoms in total. The maximum absolute atomic E-state index is 11.3. The molecule has 0 spiro atoms. The zero-order chi connectivity index (χ0) is 14.1. The summed E-state index contributed by atoms with van der Waals surface area (Å²) in [6, 6.07) is 5.88. The number of nitrogens with two attached hydrogens (primary N) is 2. The number of hydrogen-bond acceptors (Lipinski definition) is 4. The molecule has 0 saturated heterocycles. The normalized spacial score (nSPS) is 15.8. The molecule has 2 aromatic rings. The number of aromatic nitrogens is 2. The minimum atomic E-state index is -0.336. The van der Waals surface area contributed by atoms with Crippen LogP contribution >= 0.6 is 0 Å². The fourth-order valence-corrected chi connectivity index (χ4v) is 2.91. The summed E-state index contributed by atoms with van der Waals surface area (Å²) in [5, 5.41) is 0. The summed E-state index contributed by atoms with van der Waals surface area (Å²) in [6.07, 6.45) is 4.53. The number of carbonyl (C=O) groups is 1. The minimum absolute atomic E-state index is 0.194. The van der Waals surface area contributed by atoms with Gasteiger partial charge in [0.2, 0.25) is 11.9 Å². The number of primary amides is 1. The summed E-state index contributed by atoms with van der Waals surface area (Å²) >= 11 is 0. The van der Waals surface area contributed by atoms with Crippen LogP contribution in [0.25, 0.3) is 11.0 Å². The van der Waals surface area contributed by atoms with Crippen molar-refractivity contribution in [1.82, 2.24) is 9.97 Å². The summed E-state index contributed by atoms with van der Waals surface area (Å²) in [4.78, 5) is 21.1. The van der Waals surface area contributed by atoms with Crippen LogP contribution in [0.1, 0.15) is 25.7 Å². The number of hydrogen-bond donors (Lipinski definition) is 3. The SMILES string of the molecule is NC(=O)CN(c1nc2ccc(N)cc2[nH]1)C1CCCC1. The first kappa shape index (κ1) is 12.8. The first-order valence-electron chi connectivity index (χ1n) is 6.93. The molecule has 1 fully saturated rings. The Morgan fingerprint density at radius 1 is 1.40 bits per heavy atom. The van der Waals surface area contributed by atoms with Crippen LogP contribution in [0.4, 0.5) is 11.6 Å². The lowest BCUT2D eigenvalue weighted by Gasteiger charge is -2.27. The number of benzene rings is 1. The van der Waals surface area contributed by atoms with Crippen LogP contribution in [0.3, 0.4) is 0 Å². The maximum Gasteiger partial charge on any atom is 0.237 e. The van der Waals surface area contributed by atoms with Gasteiger partial charge in [0.1, 0.15) is 0 Å². The van der Waals surface area contributed by atoms with Crippen molar-refractivity contribution in [2.75, 3.05) is 17.2 Å². The molecule has 1 aliphatic rings. The highest BCUT2D eigenvalue weighted by molar-refractivity contribution is 5.83. The second kappa shape index (κ2) is 5.03. The van der Waals surface area contributed by atoms with E-state index in [1.807, 2.05) is 23.1 Å². The number of carbonyl (C=O) groups excluding carboxylic acids is 1. The van der Waals surface area contributed by atoms with Crippen molar-refractivity contribution < 1.29 is 4.79 Å². The van der Waals surface area contributed by atoms with E-state index in [1.54, 1.807) is 0 Å². The molecule has 0 radical (unpaired) electrons. The third kappa shape index (κ3) is 2.41. The van der Waals surface area contributed by atoms with Gasteiger partial charge < -0.3 is 21.4 Å². The largest absolute Gasteiger partial charge is 0.399 e. The number of rotatable bonds is 4. The molecule has 0 unspecified atom stereocenters. The van der Waals surface area contributed by atoms with E-state index < -0.39 is 0 Å². The Hall–Kier alpha value is -2.24. The number of nitrogens with one attached hydrogen (secondary N) is 1. The van der Waals surface area contributed by atoms with E-state index in [9.17, 15) is 4.79 Å². The maximum atomic E-state index is 11.3. The molecule has 106 valence electrons. The number of amides is 1. The second-order valence-electron chi connectivity index (χ2n) is 5.37. The highest BCUT2D eigenvalue weighted by Crippen LogP contribution is 2.28. The predicted molar refractivity (Wildman–Crippen MR) is 79.3 cm³/mol. The monoisotopic (exact) mass is 273 g/mol. The standard InChI is InChI=1S/C14H19N5O/c15-9-5-6-11-12(7-9)18-14(17-11)19(8-13(16)20)10-3-1-2-4-10/h5-7,10H,1-4,8,15H2,(H2,16,20)(H,17,18). The van der Waals surface area contributed by atoms with E-state index in [2.05, 4.69) is 9.97 Å². The third-order valence-corrected chi connectivity index (χ3v) is 3.86. The van der Waals surface area contributed by atoms with E-state index in [0.717, 1.165) is 23.9 Å². The fraction of sp³-hybridized carbons (Fsp3) is 0.429. The lowest BCUT2D eigenvalue weighted by molar-refractivity contribution is -0.116. The minimum Gasteiger partial charge on any atom is -0.399 e. The molecular weight excluding hydrogens is 254 g/mol. The van der Waals surface area contributed by atoms with Crippen LogP contribution in [-0.2, 0) is 4.79 Å². The van der Waals surface area contributed by atoms with E-state index in [0.29, 0.717) is 17.7 Å². The molecule has 1 aromatic carbocycles. The van der Waals surface area contributed by atoms with Gasteiger partial charge in [0.25, 0.3) is 0 Å². The Morgan fingerprint density at radius 3 is 2.85 bits per heavy atom. The van der Waals surface area contributed by atoms with Gasteiger partial charge >= 0.3 is 0 Å². The third-order valence-electron chi connectivity index (χ3n) is 3.86. The molecular formula is C14H19N5O. The summed E-state index contributed by atoms with van der Waals surface area (Å²) in [6.45, 7) is 0.194. The van der Waals surface area contributed by atoms with Crippen molar-refractivity contribution in [3.63, 3.8) is 0 Å². The van der Waals surface area contributed by atoms with Crippen molar-refractivity contribution in [2.45, 2.75) is 31.7 Å². The topological polar surface area (TPSA) is 101 Å². The number of anilines is 2. The van der Waals surface area contributed by atoms with Gasteiger partial charge in [0, 0.05) is 11.7 Å². The van der Waals surface area contributed by atoms with Crippen molar-refractivity contribution in [2.24, 2.45) is 5.73 Å². The number of H-pyrrole nitrogens is 1. The molecule has 1 aromatic heterocycles. The van der Waals surface area contributed by atoms with Crippen molar-refractivity contribution in [3.8, 4) is 0 Å². The van der Waals surface area contributed by atoms with Crippen LogP contribution < -0.4 is 16.4 Å². The van der Waals surface area contributed by atoms with Gasteiger partial charge in [-0.3, -0.25) is 4.79 Å². The molecule has 0 bridgehead atoms. The molecule has 5 N–H and O–H groups in total. The Labute approximate surface area is 117 Å². The molecule has 1 heterocycles. The lowest BCUT2D eigenvalue weighted by Crippen LogP contribution is -2.40. The summed E-state index contributed by atoms with van der Waals surface area (Å²) in [5.74, 6) is 0.369. The quantitative estimate of drug-likeness (QED) is 0.732. The van der Waals surface area contributed by atoms with Gasteiger partial charge in [-0.2, -0.15) is 0 Å². The van der Waals surface area contributed by atoms with Crippen molar-refractivity contribution in [3.05, 3.63) is 18.2 Å². The second-order valence-corrected chi connectivity index (χ2v) is 5.37. The Morgan fingerprint density at radius 2 is 2.15 bits per heavy atom. The molecule has 3 rings (SSSR count). The van der Waals surface area contributed by atoms with E-state index in [-0.39, 0.29) is 12.5 Å². The average molecular weight is 273 g/mol. The molecule has 0 aliphatic heterocycles. The molecule has 20 heavy (non-hydrogen) atoms. The van der Waals surface area contributed by atoms with Gasteiger partial charge in [0.05, 0.1) is 17.6 Å². The lowest BCUT2D eigenvalue weighted by atomic mass is 10.2. The van der Waals surface area contributed by atoms with E-state index in [4.69, 9.17) is 11.5 Å². The summed E-state index contributed by atoms with van der Waals surface area (Å²) in [5.41, 5.74) is 13.6. The van der Waals surface area contributed by atoms with Gasteiger partial charge in [0.15, 0.2) is 0 Å². The number of nitrogens with zero attached hydrogens (tertiary/aromatic N) is 2. The molecule has 1 amide bonds.